The lowest BCUT2D eigenvalue weighted by molar-refractivity contribution is 0.1000. The Morgan fingerprint density at radius 1 is 1.41 bits per heavy atom. The number of benzene rings is 1. The molecule has 0 spiro atoms. The molecule has 1 aromatic carbocycles. The number of aliphatic hydroxyl groups is 1. The van der Waals surface area contributed by atoms with Gasteiger partial charge in [0, 0.05) is 19.0 Å². The zero-order chi connectivity index (χ0) is 19.7. The van der Waals surface area contributed by atoms with Crippen LogP contribution < -0.4 is 15.8 Å². The summed E-state index contributed by atoms with van der Waals surface area (Å²) in [4.78, 5) is 20.3. The molecule has 1 amide bonds. The lowest BCUT2D eigenvalue weighted by Crippen LogP contribution is -2.14. The van der Waals surface area contributed by atoms with Crippen molar-refractivity contribution in [1.29, 1.82) is 0 Å². The maximum absolute atomic E-state index is 11.6. The number of aromatic nitrogens is 3. The number of rotatable bonds is 7. The number of primary amides is 1. The molecule has 0 aliphatic heterocycles. The van der Waals surface area contributed by atoms with Gasteiger partial charge in [0.15, 0.2) is 17.9 Å². The average molecular weight is 373 g/mol. The highest BCUT2D eigenvalue weighted by Gasteiger charge is 2.22. The van der Waals surface area contributed by atoms with Crippen LogP contribution in [0.3, 0.4) is 0 Å². The largest absolute Gasteiger partial charge is 0.494 e. The number of nitrogens with zero attached hydrogens (tertiary/aromatic N) is 3. The summed E-state index contributed by atoms with van der Waals surface area (Å²) in [5, 5.41) is 13.5. The zero-order valence-electron chi connectivity index (χ0n) is 15.7. The number of carbonyl (C=O) groups excluding carboxylic acids is 1. The minimum Gasteiger partial charge on any atom is -0.494 e. The number of hydrogen-bond donors (Lipinski definition) is 3. The van der Waals surface area contributed by atoms with Crippen molar-refractivity contribution in [2.24, 2.45) is 5.73 Å². The van der Waals surface area contributed by atoms with Crippen molar-refractivity contribution in [3.05, 3.63) is 35.0 Å². The molecule has 1 atom stereocenters. The number of amides is 1. The zero-order valence-corrected chi connectivity index (χ0v) is 15.7. The van der Waals surface area contributed by atoms with Crippen LogP contribution in [0.1, 0.15) is 47.3 Å². The van der Waals surface area contributed by atoms with Gasteiger partial charge in [0.1, 0.15) is 11.3 Å². The first-order valence-corrected chi connectivity index (χ1v) is 8.62. The highest BCUT2D eigenvalue weighted by Crippen LogP contribution is 2.32. The summed E-state index contributed by atoms with van der Waals surface area (Å²) in [5.74, 6) is 1.14. The van der Waals surface area contributed by atoms with Crippen LogP contribution in [0.15, 0.2) is 16.5 Å². The maximum Gasteiger partial charge on any atom is 0.248 e. The molecule has 4 N–H and O–H groups in total. The first kappa shape index (κ1) is 18.7. The predicted octanol–water partition coefficient (Wildman–Crippen LogP) is 2.26. The van der Waals surface area contributed by atoms with Crippen LogP contribution in [0.25, 0.3) is 11.0 Å². The van der Waals surface area contributed by atoms with Gasteiger partial charge in [-0.1, -0.05) is 6.92 Å². The molecule has 1 unspecified atom stereocenters. The Balaban J connectivity index is 2.10. The van der Waals surface area contributed by atoms with E-state index in [0.717, 1.165) is 6.42 Å². The Labute approximate surface area is 156 Å². The van der Waals surface area contributed by atoms with Gasteiger partial charge in [-0.3, -0.25) is 4.79 Å². The SMILES string of the molecule is CCCn1c(NC(O)c2oc(C)nc2C)nc2cc(C(N)=O)cc(OC)c21. The summed E-state index contributed by atoms with van der Waals surface area (Å²) in [5.41, 5.74) is 7.55. The fraction of sp³-hybridized carbons (Fsp3) is 0.389. The normalized spacial score (nSPS) is 12.3. The first-order chi connectivity index (χ1) is 12.8. The Morgan fingerprint density at radius 2 is 2.15 bits per heavy atom. The number of methoxy groups -OCH3 is 1. The van der Waals surface area contributed by atoms with Crippen LogP contribution in [0.4, 0.5) is 5.95 Å². The van der Waals surface area contributed by atoms with Gasteiger partial charge in [-0.2, -0.15) is 0 Å². The molecule has 2 aromatic heterocycles. The van der Waals surface area contributed by atoms with E-state index in [1.165, 1.54) is 7.11 Å². The second-order valence-corrected chi connectivity index (χ2v) is 6.23. The lowest BCUT2D eigenvalue weighted by atomic mass is 10.1. The van der Waals surface area contributed by atoms with E-state index in [1.54, 1.807) is 26.0 Å². The molecule has 9 heteroatoms. The molecule has 3 aromatic rings. The quantitative estimate of drug-likeness (QED) is 0.542. The molecule has 0 bridgehead atoms. The van der Waals surface area contributed by atoms with Crippen molar-refractivity contribution >= 4 is 22.9 Å². The van der Waals surface area contributed by atoms with Crippen molar-refractivity contribution in [3.8, 4) is 5.75 Å². The number of aryl methyl sites for hydroxylation is 3. The fourth-order valence-corrected chi connectivity index (χ4v) is 3.07. The lowest BCUT2D eigenvalue weighted by Gasteiger charge is -2.14. The highest BCUT2D eigenvalue weighted by molar-refractivity contribution is 5.98. The van der Waals surface area contributed by atoms with Crippen molar-refractivity contribution in [1.82, 2.24) is 14.5 Å². The monoisotopic (exact) mass is 373 g/mol. The average Bonchev–Trinajstić information content (AvgIpc) is 3.13. The number of oxazole rings is 1. The molecule has 0 saturated carbocycles. The van der Waals surface area contributed by atoms with Crippen molar-refractivity contribution in [2.45, 2.75) is 40.0 Å². The Kier molecular flexibility index (Phi) is 5.04. The van der Waals surface area contributed by atoms with Crippen molar-refractivity contribution < 1.29 is 19.1 Å². The van der Waals surface area contributed by atoms with Crippen LogP contribution in [-0.4, -0.2) is 32.7 Å². The number of ether oxygens (including phenoxy) is 1. The van der Waals surface area contributed by atoms with Gasteiger partial charge in [-0.15, -0.1) is 0 Å². The van der Waals surface area contributed by atoms with Gasteiger partial charge >= 0.3 is 0 Å². The fourth-order valence-electron chi connectivity index (χ4n) is 3.07. The molecule has 9 nitrogen and oxygen atoms in total. The van der Waals surface area contributed by atoms with Crippen LogP contribution in [0.2, 0.25) is 0 Å². The second kappa shape index (κ2) is 7.28. The van der Waals surface area contributed by atoms with E-state index in [2.05, 4.69) is 15.3 Å². The summed E-state index contributed by atoms with van der Waals surface area (Å²) in [7, 11) is 1.52. The number of hydrogen-bond acceptors (Lipinski definition) is 7. The Bertz CT molecular complexity index is 991. The standard InChI is InChI=1S/C18H23N5O4/c1-5-6-23-14-12(7-11(16(19)24)8-13(14)26-4)21-18(23)22-17(25)15-9(2)20-10(3)27-15/h7-8,17,25H,5-6H2,1-4H3,(H2,19,24)(H,21,22). The molecule has 0 aliphatic carbocycles. The summed E-state index contributed by atoms with van der Waals surface area (Å²) in [6.07, 6.45) is -0.294. The van der Waals surface area contributed by atoms with E-state index in [4.69, 9.17) is 14.9 Å². The van der Waals surface area contributed by atoms with Gasteiger partial charge in [0.25, 0.3) is 0 Å². The molecule has 27 heavy (non-hydrogen) atoms. The van der Waals surface area contributed by atoms with Gasteiger partial charge in [-0.25, -0.2) is 9.97 Å². The van der Waals surface area contributed by atoms with E-state index >= 15 is 0 Å². The molecule has 0 radical (unpaired) electrons. The molecule has 144 valence electrons. The minimum atomic E-state index is -1.12. The van der Waals surface area contributed by atoms with Gasteiger partial charge in [0.05, 0.1) is 18.3 Å². The van der Waals surface area contributed by atoms with Crippen LogP contribution in [0.5, 0.6) is 5.75 Å². The predicted molar refractivity (Wildman–Crippen MR) is 99.7 cm³/mol. The molecule has 0 fully saturated rings. The molecule has 3 rings (SSSR count). The third-order valence-corrected chi connectivity index (χ3v) is 4.21. The van der Waals surface area contributed by atoms with Crippen LogP contribution in [-0.2, 0) is 6.54 Å². The van der Waals surface area contributed by atoms with Crippen LogP contribution >= 0.6 is 0 Å². The summed E-state index contributed by atoms with van der Waals surface area (Å²) in [6.45, 7) is 6.13. The van der Waals surface area contributed by atoms with E-state index in [9.17, 15) is 9.90 Å². The molecular weight excluding hydrogens is 350 g/mol. The number of fused-ring (bicyclic) bond motifs is 1. The van der Waals surface area contributed by atoms with Gasteiger partial charge in [-0.05, 0) is 25.5 Å². The third kappa shape index (κ3) is 3.45. The number of nitrogens with one attached hydrogen (secondary N) is 1. The minimum absolute atomic E-state index is 0.300. The van der Waals surface area contributed by atoms with Gasteiger partial charge < -0.3 is 29.9 Å². The molecular formula is C18H23N5O4. The first-order valence-electron chi connectivity index (χ1n) is 8.62. The summed E-state index contributed by atoms with van der Waals surface area (Å²) >= 11 is 0. The summed E-state index contributed by atoms with van der Waals surface area (Å²) < 4.78 is 12.8. The number of nitrogens with two attached hydrogens (primary N) is 1. The number of anilines is 1. The van der Waals surface area contributed by atoms with Crippen molar-refractivity contribution in [2.75, 3.05) is 12.4 Å². The Morgan fingerprint density at radius 3 is 2.70 bits per heavy atom. The smallest absolute Gasteiger partial charge is 0.248 e. The maximum atomic E-state index is 11.6. The van der Waals surface area contributed by atoms with E-state index in [1.807, 2.05) is 11.5 Å². The van der Waals surface area contributed by atoms with E-state index < -0.39 is 12.1 Å². The Hall–Kier alpha value is -3.07. The van der Waals surface area contributed by atoms with E-state index in [0.29, 0.717) is 52.2 Å². The molecule has 0 saturated heterocycles. The van der Waals surface area contributed by atoms with Crippen molar-refractivity contribution in [3.63, 3.8) is 0 Å². The third-order valence-electron chi connectivity index (χ3n) is 4.21. The van der Waals surface area contributed by atoms with E-state index in [-0.39, 0.29) is 0 Å². The highest BCUT2D eigenvalue weighted by atomic mass is 16.5. The van der Waals surface area contributed by atoms with Crippen LogP contribution in [0, 0.1) is 13.8 Å². The second-order valence-electron chi connectivity index (χ2n) is 6.23. The number of carbonyl (C=O) groups is 1. The van der Waals surface area contributed by atoms with Gasteiger partial charge in [0.2, 0.25) is 11.9 Å². The molecule has 0 aliphatic rings. The summed E-state index contributed by atoms with van der Waals surface area (Å²) in [6, 6.07) is 3.19. The number of aliphatic hydroxyl groups excluding tert-OH is 1. The number of imidazole rings is 1. The molecule has 2 heterocycles. The topological polar surface area (TPSA) is 128 Å².